The predicted molar refractivity (Wildman–Crippen MR) is 68.5 cm³/mol. The molecule has 1 rings (SSSR count). The third-order valence-electron chi connectivity index (χ3n) is 3.13. The van der Waals surface area contributed by atoms with Gasteiger partial charge in [0.05, 0.1) is 13.1 Å². The SMILES string of the molecule is CCN(CC)[P+](N)(N(CC)CC)N1CC1. The first-order valence-corrected chi connectivity index (χ1v) is 7.80. The highest BCUT2D eigenvalue weighted by Crippen LogP contribution is 2.63. The molecule has 0 aromatic carbocycles. The van der Waals surface area contributed by atoms with E-state index in [-0.39, 0.29) is 0 Å². The molecule has 0 aliphatic carbocycles. The number of nitrogens with zero attached hydrogens (tertiary/aromatic N) is 3. The van der Waals surface area contributed by atoms with Crippen molar-refractivity contribution in [3.05, 3.63) is 0 Å². The summed E-state index contributed by atoms with van der Waals surface area (Å²) in [6.45, 7) is 15.4. The van der Waals surface area contributed by atoms with Crippen LogP contribution in [-0.2, 0) is 0 Å². The number of hydrogen-bond donors (Lipinski definition) is 1. The van der Waals surface area contributed by atoms with Gasteiger partial charge in [0.2, 0.25) is 0 Å². The van der Waals surface area contributed by atoms with Crippen LogP contribution < -0.4 is 5.50 Å². The van der Waals surface area contributed by atoms with E-state index >= 15 is 0 Å². The molecule has 0 atom stereocenters. The van der Waals surface area contributed by atoms with Gasteiger partial charge in [0.1, 0.15) is 0 Å². The molecule has 90 valence electrons. The average Bonchev–Trinajstić information content (AvgIpc) is 3.04. The average molecular weight is 233 g/mol. The van der Waals surface area contributed by atoms with Crippen LogP contribution in [0, 0.1) is 0 Å². The second-order valence-electron chi connectivity index (χ2n) is 3.85. The maximum atomic E-state index is 6.72. The highest BCUT2D eigenvalue weighted by Gasteiger charge is 2.56. The molecular formula is C10H26N4P+. The molecule has 4 nitrogen and oxygen atoms in total. The van der Waals surface area contributed by atoms with Crippen LogP contribution in [0.2, 0.25) is 0 Å². The molecule has 5 heteroatoms. The van der Waals surface area contributed by atoms with Gasteiger partial charge >= 0.3 is 7.87 Å². The molecule has 0 bridgehead atoms. The molecule has 1 aliphatic rings. The summed E-state index contributed by atoms with van der Waals surface area (Å²) in [6, 6.07) is 0. The zero-order valence-electron chi connectivity index (χ0n) is 10.6. The lowest BCUT2D eigenvalue weighted by molar-refractivity contribution is 0.379. The Morgan fingerprint density at radius 1 is 0.933 bits per heavy atom. The minimum Gasteiger partial charge on any atom is -0.158 e. The van der Waals surface area contributed by atoms with Gasteiger partial charge in [0, 0.05) is 26.2 Å². The summed E-state index contributed by atoms with van der Waals surface area (Å²) in [6.07, 6.45) is 0. The third-order valence-corrected chi connectivity index (χ3v) is 7.16. The molecule has 0 unspecified atom stereocenters. The Balaban J connectivity index is 2.84. The van der Waals surface area contributed by atoms with E-state index < -0.39 is 7.87 Å². The van der Waals surface area contributed by atoms with E-state index in [0.29, 0.717) is 0 Å². The largest absolute Gasteiger partial charge is 0.303 e. The molecule has 0 spiro atoms. The molecule has 1 aliphatic heterocycles. The summed E-state index contributed by atoms with van der Waals surface area (Å²) in [5.74, 6) is 0. The Hall–Kier alpha value is 0.270. The topological polar surface area (TPSA) is 35.5 Å². The van der Waals surface area contributed by atoms with E-state index in [1.165, 1.54) is 13.1 Å². The van der Waals surface area contributed by atoms with Crippen LogP contribution in [0.15, 0.2) is 0 Å². The first kappa shape index (κ1) is 13.3. The van der Waals surface area contributed by atoms with Gasteiger partial charge in [-0.25, -0.2) is 0 Å². The van der Waals surface area contributed by atoms with Gasteiger partial charge in [-0.15, -0.1) is 14.0 Å². The minimum atomic E-state index is -1.65. The van der Waals surface area contributed by atoms with Gasteiger partial charge in [-0.2, -0.15) is 5.50 Å². The Kier molecular flexibility index (Phi) is 4.94. The fourth-order valence-electron chi connectivity index (χ4n) is 2.16. The number of rotatable bonds is 7. The van der Waals surface area contributed by atoms with Gasteiger partial charge in [0.25, 0.3) is 0 Å². The summed E-state index contributed by atoms with van der Waals surface area (Å²) in [5.41, 5.74) is 6.72. The van der Waals surface area contributed by atoms with Crippen molar-refractivity contribution < 1.29 is 0 Å². The summed E-state index contributed by atoms with van der Waals surface area (Å²) in [4.78, 5) is 0. The molecule has 15 heavy (non-hydrogen) atoms. The van der Waals surface area contributed by atoms with Gasteiger partial charge in [-0.1, -0.05) is 0 Å². The maximum Gasteiger partial charge on any atom is 0.303 e. The highest BCUT2D eigenvalue weighted by molar-refractivity contribution is 7.66. The van der Waals surface area contributed by atoms with Crippen LogP contribution >= 0.6 is 7.87 Å². The van der Waals surface area contributed by atoms with Crippen LogP contribution in [0.3, 0.4) is 0 Å². The molecule has 0 amide bonds. The quantitative estimate of drug-likeness (QED) is 0.535. The Morgan fingerprint density at radius 2 is 1.27 bits per heavy atom. The lowest BCUT2D eigenvalue weighted by Gasteiger charge is -2.37. The summed E-state index contributed by atoms with van der Waals surface area (Å²) in [7, 11) is -1.65. The van der Waals surface area contributed by atoms with Crippen molar-refractivity contribution in [1.29, 1.82) is 0 Å². The summed E-state index contributed by atoms with van der Waals surface area (Å²) >= 11 is 0. The molecule has 0 aromatic rings. The minimum absolute atomic E-state index is 1.05. The van der Waals surface area contributed by atoms with Crippen molar-refractivity contribution >= 4 is 7.87 Å². The molecule has 1 fully saturated rings. The lowest BCUT2D eigenvalue weighted by atomic mass is 10.7. The van der Waals surface area contributed by atoms with E-state index in [9.17, 15) is 0 Å². The van der Waals surface area contributed by atoms with E-state index in [2.05, 4.69) is 41.7 Å². The van der Waals surface area contributed by atoms with Crippen molar-refractivity contribution in [3.63, 3.8) is 0 Å². The summed E-state index contributed by atoms with van der Waals surface area (Å²) < 4.78 is 7.35. The smallest absolute Gasteiger partial charge is 0.158 e. The second-order valence-corrected chi connectivity index (χ2v) is 6.77. The Morgan fingerprint density at radius 3 is 1.47 bits per heavy atom. The number of hydrogen-bond acceptors (Lipinski definition) is 4. The van der Waals surface area contributed by atoms with E-state index in [4.69, 9.17) is 5.50 Å². The van der Waals surface area contributed by atoms with Crippen molar-refractivity contribution in [3.8, 4) is 0 Å². The maximum absolute atomic E-state index is 6.72. The molecule has 0 saturated carbocycles. The van der Waals surface area contributed by atoms with Gasteiger partial charge in [-0.3, -0.25) is 0 Å². The van der Waals surface area contributed by atoms with Crippen molar-refractivity contribution in [2.24, 2.45) is 5.50 Å². The zero-order valence-corrected chi connectivity index (χ0v) is 11.5. The van der Waals surface area contributed by atoms with E-state index in [0.717, 1.165) is 26.2 Å². The third kappa shape index (κ3) is 2.51. The summed E-state index contributed by atoms with van der Waals surface area (Å²) in [5, 5.41) is 0. The number of nitrogens with two attached hydrogens (primary N) is 1. The van der Waals surface area contributed by atoms with Gasteiger partial charge < -0.3 is 0 Å². The zero-order chi connectivity index (χ0) is 11.5. The highest BCUT2D eigenvalue weighted by atomic mass is 31.2. The Bertz CT molecular complexity index is 176. The van der Waals surface area contributed by atoms with Crippen LogP contribution in [0.1, 0.15) is 27.7 Å². The van der Waals surface area contributed by atoms with Crippen molar-refractivity contribution in [2.45, 2.75) is 27.7 Å². The standard InChI is InChI=1S/C10H26N4P/c1-5-12(6-2)15(11,14-9-10-14)13(7-3)8-4/h5-11H2,1-4H3/q+1. The first-order chi connectivity index (χ1) is 7.14. The van der Waals surface area contributed by atoms with Crippen LogP contribution in [0.4, 0.5) is 0 Å². The van der Waals surface area contributed by atoms with Crippen molar-refractivity contribution in [1.82, 2.24) is 14.0 Å². The molecule has 0 aromatic heterocycles. The molecule has 2 N–H and O–H groups in total. The van der Waals surface area contributed by atoms with Gasteiger partial charge in [-0.05, 0) is 27.7 Å². The second kappa shape index (κ2) is 5.55. The van der Waals surface area contributed by atoms with E-state index in [1.807, 2.05) is 0 Å². The fraction of sp³-hybridized carbons (Fsp3) is 1.00. The molecule has 1 heterocycles. The van der Waals surface area contributed by atoms with Crippen LogP contribution in [-0.4, -0.2) is 53.3 Å². The van der Waals surface area contributed by atoms with E-state index in [1.54, 1.807) is 0 Å². The van der Waals surface area contributed by atoms with Gasteiger partial charge in [0.15, 0.2) is 0 Å². The normalized spacial score (nSPS) is 17.8. The molecule has 1 saturated heterocycles. The van der Waals surface area contributed by atoms with Crippen LogP contribution in [0.25, 0.3) is 0 Å². The van der Waals surface area contributed by atoms with Crippen molar-refractivity contribution in [2.75, 3.05) is 39.3 Å². The molecule has 0 radical (unpaired) electrons. The molecular weight excluding hydrogens is 207 g/mol. The lowest BCUT2D eigenvalue weighted by Crippen LogP contribution is -2.44. The predicted octanol–water partition coefficient (Wildman–Crippen LogP) is 1.62. The first-order valence-electron chi connectivity index (χ1n) is 6.08. The Labute approximate surface area is 94.9 Å². The fourth-order valence-corrected chi connectivity index (χ4v) is 5.57. The van der Waals surface area contributed by atoms with Crippen LogP contribution in [0.5, 0.6) is 0 Å². The monoisotopic (exact) mass is 233 g/mol.